The zero-order valence-corrected chi connectivity index (χ0v) is 26.4. The molecule has 234 valence electrons. The van der Waals surface area contributed by atoms with Crippen LogP contribution in [0.25, 0.3) is 0 Å². The number of rotatable bonds is 8. The van der Waals surface area contributed by atoms with Gasteiger partial charge in [0.25, 0.3) is 0 Å². The van der Waals surface area contributed by atoms with Crippen LogP contribution in [-0.4, -0.2) is 63.8 Å². The zero-order valence-electron chi connectivity index (χ0n) is 26.4. The minimum atomic E-state index is -1.40. The first-order valence-electron chi connectivity index (χ1n) is 16.8. The third-order valence-electron chi connectivity index (χ3n) is 12.9. The van der Waals surface area contributed by atoms with E-state index in [2.05, 4.69) is 59.8 Å². The Hall–Kier alpha value is -0.760. The van der Waals surface area contributed by atoms with Gasteiger partial charge in [0, 0.05) is 0 Å². The van der Waals surface area contributed by atoms with Crippen LogP contribution in [0, 0.1) is 52.3 Å². The number of hydrogen-bond acceptors (Lipinski definition) is 6. The molecule has 1 heterocycles. The predicted octanol–water partition coefficient (Wildman–Crippen LogP) is 5.63. The molecule has 0 bridgehead atoms. The molecule has 5 rings (SSSR count). The van der Waals surface area contributed by atoms with Crippen LogP contribution in [0.4, 0.5) is 0 Å². The Labute approximate surface area is 248 Å². The van der Waals surface area contributed by atoms with Gasteiger partial charge in [0.2, 0.25) is 0 Å². The lowest BCUT2D eigenvalue weighted by atomic mass is 9.47. The molecule has 0 aromatic rings. The Morgan fingerprint density at radius 3 is 2.34 bits per heavy atom. The molecule has 4 fully saturated rings. The fourth-order valence-corrected chi connectivity index (χ4v) is 10.2. The number of aliphatic hydroxyl groups excluding tert-OH is 4. The van der Waals surface area contributed by atoms with Crippen molar-refractivity contribution in [1.82, 2.24) is 0 Å². The molecule has 4 N–H and O–H groups in total. The molecule has 6 heteroatoms. The number of allylic oxidation sites excluding steroid dienone is 4. The lowest BCUT2D eigenvalue weighted by Crippen LogP contribution is -2.60. The second kappa shape index (κ2) is 12.3. The van der Waals surface area contributed by atoms with E-state index in [1.807, 2.05) is 0 Å². The van der Waals surface area contributed by atoms with Crippen molar-refractivity contribution in [1.29, 1.82) is 0 Å². The molecule has 6 nitrogen and oxygen atoms in total. The second-order valence-corrected chi connectivity index (χ2v) is 15.3. The average molecular weight is 575 g/mol. The summed E-state index contributed by atoms with van der Waals surface area (Å²) in [5, 5.41) is 40.4. The molecule has 1 aliphatic heterocycles. The molecule has 4 aliphatic carbocycles. The lowest BCUT2D eigenvalue weighted by molar-refractivity contribution is -0.315. The van der Waals surface area contributed by atoms with Crippen molar-refractivity contribution in [2.24, 2.45) is 52.3 Å². The monoisotopic (exact) mass is 574 g/mol. The number of fused-ring (bicyclic) bond motifs is 5. The molecule has 0 aromatic heterocycles. The number of aliphatic hydroxyl groups is 4. The largest absolute Gasteiger partial charge is 0.394 e. The van der Waals surface area contributed by atoms with Crippen molar-refractivity contribution in [2.45, 2.75) is 136 Å². The third-order valence-corrected chi connectivity index (χ3v) is 12.9. The Kier molecular flexibility index (Phi) is 9.51. The van der Waals surface area contributed by atoms with Crippen molar-refractivity contribution < 1.29 is 29.9 Å². The molecule has 2 unspecified atom stereocenters. The van der Waals surface area contributed by atoms with Crippen LogP contribution in [0.2, 0.25) is 0 Å². The lowest BCUT2D eigenvalue weighted by Gasteiger charge is -2.58. The van der Waals surface area contributed by atoms with Gasteiger partial charge in [-0.3, -0.25) is 0 Å². The van der Waals surface area contributed by atoms with Crippen molar-refractivity contribution in [3.63, 3.8) is 0 Å². The van der Waals surface area contributed by atoms with E-state index in [-0.39, 0.29) is 11.5 Å². The SMILES string of the molecule is CC[C@H](/C=C/[C@@H](C)[C@H]1CCC2C3=CC[C@H]4C[C@@H](O[C@@H]5O[C@H](CO)[C@@H](O)[C@H](O)[C@H]5O)CC[C@]4(C)C3CC[C@@]21C)C(C)C. The van der Waals surface area contributed by atoms with Gasteiger partial charge < -0.3 is 29.9 Å². The molecule has 0 spiro atoms. The quantitative estimate of drug-likeness (QED) is 0.281. The van der Waals surface area contributed by atoms with Gasteiger partial charge in [-0.2, -0.15) is 0 Å². The molecular weight excluding hydrogens is 516 g/mol. The van der Waals surface area contributed by atoms with Crippen molar-refractivity contribution in [3.05, 3.63) is 23.8 Å². The van der Waals surface area contributed by atoms with Crippen LogP contribution in [-0.2, 0) is 9.47 Å². The summed E-state index contributed by atoms with van der Waals surface area (Å²) in [5.74, 6) is 4.61. The van der Waals surface area contributed by atoms with E-state index in [0.717, 1.165) is 31.6 Å². The molecule has 0 radical (unpaired) electrons. The molecule has 0 aromatic carbocycles. The molecule has 3 saturated carbocycles. The van der Waals surface area contributed by atoms with Crippen molar-refractivity contribution in [2.75, 3.05) is 6.61 Å². The van der Waals surface area contributed by atoms with Crippen LogP contribution in [0.1, 0.15) is 99.3 Å². The van der Waals surface area contributed by atoms with E-state index in [1.165, 1.54) is 32.1 Å². The van der Waals surface area contributed by atoms with Crippen LogP contribution >= 0.6 is 0 Å². The Balaban J connectivity index is 1.26. The maximum atomic E-state index is 10.5. The van der Waals surface area contributed by atoms with E-state index < -0.39 is 37.3 Å². The minimum absolute atomic E-state index is 0.0698. The van der Waals surface area contributed by atoms with E-state index in [4.69, 9.17) is 9.47 Å². The Morgan fingerprint density at radius 1 is 0.951 bits per heavy atom. The van der Waals surface area contributed by atoms with Gasteiger partial charge in [-0.25, -0.2) is 0 Å². The molecular formula is C35H58O6. The normalized spacial score (nSPS) is 47.9. The van der Waals surface area contributed by atoms with Gasteiger partial charge >= 0.3 is 0 Å². The Morgan fingerprint density at radius 2 is 1.66 bits per heavy atom. The summed E-state index contributed by atoms with van der Waals surface area (Å²) in [6.45, 7) is 14.2. The molecule has 14 atom stereocenters. The standard InChI is InChI=1S/C35H58O6/c1-7-22(20(2)3)9-8-21(4)26-12-13-27-25-11-10-23-18-24(14-16-34(23,5)28(25)15-17-35(26,27)6)40-33-32(39)31(38)30(37)29(19-36)41-33/h8-9,11,20-24,26-33,36-39H,7,10,12-19H2,1-6H3/b9-8+/t21-,22-,23+,24+,26-,27?,28?,29-,30-,31+,32-,33-,34+,35-/m1/s1. The van der Waals surface area contributed by atoms with E-state index in [0.29, 0.717) is 40.9 Å². The third kappa shape index (κ3) is 5.64. The minimum Gasteiger partial charge on any atom is -0.394 e. The smallest absolute Gasteiger partial charge is 0.186 e. The summed E-state index contributed by atoms with van der Waals surface area (Å²) in [7, 11) is 0. The first kappa shape index (κ1) is 31.7. The molecule has 0 amide bonds. The van der Waals surface area contributed by atoms with Crippen LogP contribution < -0.4 is 0 Å². The number of ether oxygens (including phenoxy) is 2. The van der Waals surface area contributed by atoms with E-state index in [1.54, 1.807) is 5.57 Å². The molecule has 1 saturated heterocycles. The summed E-state index contributed by atoms with van der Waals surface area (Å²) in [5.41, 5.74) is 2.41. The summed E-state index contributed by atoms with van der Waals surface area (Å²) in [6, 6.07) is 0. The topological polar surface area (TPSA) is 99.4 Å². The molecule has 41 heavy (non-hydrogen) atoms. The zero-order chi connectivity index (χ0) is 29.7. The predicted molar refractivity (Wildman–Crippen MR) is 161 cm³/mol. The fourth-order valence-electron chi connectivity index (χ4n) is 10.2. The maximum absolute atomic E-state index is 10.5. The highest BCUT2D eigenvalue weighted by Crippen LogP contribution is 2.67. The van der Waals surface area contributed by atoms with Crippen LogP contribution in [0.3, 0.4) is 0 Å². The van der Waals surface area contributed by atoms with Crippen LogP contribution in [0.5, 0.6) is 0 Å². The summed E-state index contributed by atoms with van der Waals surface area (Å²) >= 11 is 0. The van der Waals surface area contributed by atoms with E-state index >= 15 is 0 Å². The summed E-state index contributed by atoms with van der Waals surface area (Å²) in [4.78, 5) is 0. The molecule has 5 aliphatic rings. The van der Waals surface area contributed by atoms with Crippen molar-refractivity contribution >= 4 is 0 Å². The summed E-state index contributed by atoms with van der Waals surface area (Å²) in [6.07, 6.45) is 12.0. The van der Waals surface area contributed by atoms with E-state index in [9.17, 15) is 20.4 Å². The van der Waals surface area contributed by atoms with Gasteiger partial charge in [-0.15, -0.1) is 0 Å². The first-order chi connectivity index (χ1) is 19.4. The van der Waals surface area contributed by atoms with Gasteiger partial charge in [-0.1, -0.05) is 65.3 Å². The highest BCUT2D eigenvalue weighted by Gasteiger charge is 2.58. The fraction of sp³-hybridized carbons (Fsp3) is 0.886. The highest BCUT2D eigenvalue weighted by atomic mass is 16.7. The maximum Gasteiger partial charge on any atom is 0.186 e. The van der Waals surface area contributed by atoms with Gasteiger partial charge in [-0.05, 0) is 110 Å². The van der Waals surface area contributed by atoms with Gasteiger partial charge in [0.15, 0.2) is 6.29 Å². The van der Waals surface area contributed by atoms with Crippen molar-refractivity contribution in [3.8, 4) is 0 Å². The second-order valence-electron chi connectivity index (χ2n) is 15.3. The number of hydrogen-bond donors (Lipinski definition) is 4. The first-order valence-corrected chi connectivity index (χ1v) is 16.8. The average Bonchev–Trinajstić information content (AvgIpc) is 3.30. The Bertz CT molecular complexity index is 960. The van der Waals surface area contributed by atoms with Crippen LogP contribution in [0.15, 0.2) is 23.8 Å². The summed E-state index contributed by atoms with van der Waals surface area (Å²) < 4.78 is 11.9. The highest BCUT2D eigenvalue weighted by molar-refractivity contribution is 5.28. The van der Waals surface area contributed by atoms with Gasteiger partial charge in [0.1, 0.15) is 24.4 Å². The van der Waals surface area contributed by atoms with Gasteiger partial charge in [0.05, 0.1) is 12.7 Å².